The summed E-state index contributed by atoms with van der Waals surface area (Å²) in [5, 5.41) is 5.50. The zero-order chi connectivity index (χ0) is 22.1. The molecule has 0 aromatic carbocycles. The number of aromatic amines is 1. The number of H-pyrrole nitrogens is 1. The van der Waals surface area contributed by atoms with Crippen molar-refractivity contribution in [1.29, 1.82) is 0 Å². The number of nitrogens with one attached hydrogen (secondary N) is 3. The van der Waals surface area contributed by atoms with Gasteiger partial charge in [-0.25, -0.2) is 4.98 Å². The van der Waals surface area contributed by atoms with Gasteiger partial charge in [-0.2, -0.15) is 0 Å². The maximum atomic E-state index is 13.3. The third-order valence-electron chi connectivity index (χ3n) is 5.32. The van der Waals surface area contributed by atoms with E-state index in [1.165, 1.54) is 6.07 Å². The molecule has 3 heterocycles. The predicted molar refractivity (Wildman–Crippen MR) is 114 cm³/mol. The number of carbonyl (C=O) groups is 2. The van der Waals surface area contributed by atoms with Gasteiger partial charge in [-0.05, 0) is 31.5 Å². The summed E-state index contributed by atoms with van der Waals surface area (Å²) in [7, 11) is 3.56. The van der Waals surface area contributed by atoms with Crippen LogP contribution in [0.4, 0.5) is 0 Å². The number of amides is 2. The number of nitrogens with zero attached hydrogens (tertiary/aromatic N) is 3. The van der Waals surface area contributed by atoms with Crippen molar-refractivity contribution < 1.29 is 9.59 Å². The molecule has 3 N–H and O–H groups in total. The van der Waals surface area contributed by atoms with E-state index in [-0.39, 0.29) is 17.4 Å². The molecule has 2 amide bonds. The zero-order valence-electron chi connectivity index (χ0n) is 18.2. The van der Waals surface area contributed by atoms with Gasteiger partial charge >= 0.3 is 0 Å². The Morgan fingerprint density at radius 2 is 1.97 bits per heavy atom. The van der Waals surface area contributed by atoms with Crippen LogP contribution in [0.15, 0.2) is 23.1 Å². The minimum absolute atomic E-state index is 0.197. The normalized spacial score (nSPS) is 15.8. The fraction of sp³-hybridized carbons (Fsp3) is 0.524. The molecular formula is C21H30N6O3. The smallest absolute Gasteiger partial charge is 0.272 e. The van der Waals surface area contributed by atoms with E-state index >= 15 is 0 Å². The second-order valence-electron chi connectivity index (χ2n) is 8.80. The van der Waals surface area contributed by atoms with Crippen LogP contribution in [0.25, 0.3) is 11.4 Å². The van der Waals surface area contributed by atoms with Gasteiger partial charge in [0.1, 0.15) is 11.9 Å². The van der Waals surface area contributed by atoms with Crippen molar-refractivity contribution in [2.75, 3.05) is 20.6 Å². The minimum atomic E-state index is -0.701. The van der Waals surface area contributed by atoms with Gasteiger partial charge in [-0.3, -0.25) is 14.4 Å². The maximum absolute atomic E-state index is 13.3. The predicted octanol–water partition coefficient (Wildman–Crippen LogP) is 0.964. The Kier molecular flexibility index (Phi) is 6.12. The van der Waals surface area contributed by atoms with Crippen molar-refractivity contribution in [3.05, 3.63) is 40.1 Å². The molecule has 1 atom stereocenters. The van der Waals surface area contributed by atoms with Crippen LogP contribution in [-0.2, 0) is 17.9 Å². The standard InChI is InChI=1S/C21H30N6O3/c1-21(2,3)17(20(30)22-4)25-19(29)16-14-12-26(5)9-6-10-27(14)18(24-16)13-7-8-15(28)23-11-13/h7-8,11,17H,6,9-10,12H2,1-5H3,(H,22,30)(H,23,28)(H,25,29). The van der Waals surface area contributed by atoms with Gasteiger partial charge in [0.2, 0.25) is 11.5 Å². The second-order valence-corrected chi connectivity index (χ2v) is 8.80. The number of aromatic nitrogens is 3. The highest BCUT2D eigenvalue weighted by molar-refractivity contribution is 5.97. The van der Waals surface area contributed by atoms with Crippen LogP contribution in [0.1, 0.15) is 43.4 Å². The Bertz CT molecular complexity index is 981. The SMILES string of the molecule is CNC(=O)C(NC(=O)c1nc(-c2ccc(=O)[nH]c2)n2c1CN(C)CCC2)C(C)(C)C. The van der Waals surface area contributed by atoms with E-state index < -0.39 is 11.5 Å². The summed E-state index contributed by atoms with van der Waals surface area (Å²) in [6.07, 6.45) is 2.52. The summed E-state index contributed by atoms with van der Waals surface area (Å²) in [4.78, 5) is 46.6. The van der Waals surface area contributed by atoms with E-state index in [0.29, 0.717) is 24.6 Å². The molecule has 162 valence electrons. The number of pyridine rings is 1. The van der Waals surface area contributed by atoms with Gasteiger partial charge in [0.25, 0.3) is 5.91 Å². The molecule has 2 aromatic heterocycles. The first-order chi connectivity index (χ1) is 14.1. The first-order valence-electron chi connectivity index (χ1n) is 10.1. The Labute approximate surface area is 175 Å². The third-order valence-corrected chi connectivity index (χ3v) is 5.32. The molecule has 0 saturated carbocycles. The summed E-state index contributed by atoms with van der Waals surface area (Å²) in [6.45, 7) is 7.89. The molecule has 2 aromatic rings. The van der Waals surface area contributed by atoms with Crippen molar-refractivity contribution in [3.8, 4) is 11.4 Å². The average Bonchev–Trinajstić information content (AvgIpc) is 2.91. The molecule has 0 spiro atoms. The number of carbonyl (C=O) groups excluding carboxylic acids is 2. The van der Waals surface area contributed by atoms with E-state index in [0.717, 1.165) is 24.2 Å². The highest BCUT2D eigenvalue weighted by Gasteiger charge is 2.34. The molecule has 30 heavy (non-hydrogen) atoms. The Morgan fingerprint density at radius 1 is 1.23 bits per heavy atom. The molecule has 0 aliphatic carbocycles. The van der Waals surface area contributed by atoms with Crippen molar-refractivity contribution in [2.24, 2.45) is 5.41 Å². The van der Waals surface area contributed by atoms with Gasteiger partial charge in [-0.1, -0.05) is 20.8 Å². The molecular weight excluding hydrogens is 384 g/mol. The van der Waals surface area contributed by atoms with E-state index in [4.69, 9.17) is 0 Å². The fourth-order valence-electron chi connectivity index (χ4n) is 3.69. The summed E-state index contributed by atoms with van der Waals surface area (Å²) >= 11 is 0. The molecule has 0 radical (unpaired) electrons. The summed E-state index contributed by atoms with van der Waals surface area (Å²) < 4.78 is 2.04. The van der Waals surface area contributed by atoms with E-state index in [9.17, 15) is 14.4 Å². The Balaban J connectivity index is 2.05. The molecule has 0 bridgehead atoms. The zero-order valence-corrected chi connectivity index (χ0v) is 18.2. The van der Waals surface area contributed by atoms with Crippen molar-refractivity contribution in [3.63, 3.8) is 0 Å². The molecule has 1 unspecified atom stereocenters. The van der Waals surface area contributed by atoms with Gasteiger partial charge in [0.05, 0.1) is 5.69 Å². The molecule has 1 aliphatic rings. The topological polar surface area (TPSA) is 112 Å². The highest BCUT2D eigenvalue weighted by Crippen LogP contribution is 2.26. The van der Waals surface area contributed by atoms with Gasteiger partial charge < -0.3 is 25.1 Å². The van der Waals surface area contributed by atoms with Crippen molar-refractivity contribution in [2.45, 2.75) is 46.3 Å². The lowest BCUT2D eigenvalue weighted by molar-refractivity contribution is -0.124. The third kappa shape index (κ3) is 4.46. The van der Waals surface area contributed by atoms with E-state index in [1.54, 1.807) is 19.3 Å². The van der Waals surface area contributed by atoms with Crippen LogP contribution in [0, 0.1) is 5.41 Å². The number of rotatable bonds is 4. The lowest BCUT2D eigenvalue weighted by Gasteiger charge is -2.29. The molecule has 1 aliphatic heterocycles. The first-order valence-corrected chi connectivity index (χ1v) is 10.1. The van der Waals surface area contributed by atoms with Crippen molar-refractivity contribution >= 4 is 11.8 Å². The molecule has 9 nitrogen and oxygen atoms in total. The van der Waals surface area contributed by atoms with Crippen LogP contribution in [-0.4, -0.2) is 57.9 Å². The molecule has 0 fully saturated rings. The quantitative estimate of drug-likeness (QED) is 0.690. The first kappa shape index (κ1) is 21.8. The number of hydrogen-bond donors (Lipinski definition) is 3. The average molecular weight is 415 g/mol. The number of hydrogen-bond acceptors (Lipinski definition) is 5. The van der Waals surface area contributed by atoms with Crippen LogP contribution in [0.2, 0.25) is 0 Å². The van der Waals surface area contributed by atoms with Gasteiger partial charge in [-0.15, -0.1) is 0 Å². The second kappa shape index (κ2) is 8.43. The minimum Gasteiger partial charge on any atom is -0.357 e. The molecule has 0 saturated heterocycles. The van der Waals surface area contributed by atoms with Crippen LogP contribution >= 0.6 is 0 Å². The lowest BCUT2D eigenvalue weighted by Crippen LogP contribution is -2.53. The lowest BCUT2D eigenvalue weighted by atomic mass is 9.86. The van der Waals surface area contributed by atoms with Crippen LogP contribution in [0.5, 0.6) is 0 Å². The molecule has 3 rings (SSSR count). The number of likely N-dealkylation sites (N-methyl/N-ethyl adjacent to an activating group) is 1. The van der Waals surface area contributed by atoms with Crippen molar-refractivity contribution in [1.82, 2.24) is 30.1 Å². The van der Waals surface area contributed by atoms with Crippen LogP contribution in [0.3, 0.4) is 0 Å². The highest BCUT2D eigenvalue weighted by atomic mass is 16.2. The largest absolute Gasteiger partial charge is 0.357 e. The Morgan fingerprint density at radius 3 is 2.57 bits per heavy atom. The maximum Gasteiger partial charge on any atom is 0.272 e. The van der Waals surface area contributed by atoms with Crippen LogP contribution < -0.4 is 16.2 Å². The van der Waals surface area contributed by atoms with Gasteiger partial charge in [0.15, 0.2) is 5.69 Å². The number of imidazole rings is 1. The van der Waals surface area contributed by atoms with Gasteiger partial charge in [0, 0.05) is 38.0 Å². The number of fused-ring (bicyclic) bond motifs is 1. The summed E-state index contributed by atoms with van der Waals surface area (Å²) in [5.41, 5.74) is 1.18. The van der Waals surface area contributed by atoms with E-state index in [2.05, 4.69) is 25.5 Å². The summed E-state index contributed by atoms with van der Waals surface area (Å²) in [5.74, 6) is 0.00123. The Hall–Kier alpha value is -2.94. The fourth-order valence-corrected chi connectivity index (χ4v) is 3.69. The monoisotopic (exact) mass is 414 g/mol. The van der Waals surface area contributed by atoms with E-state index in [1.807, 2.05) is 32.4 Å². The molecule has 9 heteroatoms. The summed E-state index contributed by atoms with van der Waals surface area (Å²) in [6, 6.07) is 2.45.